The van der Waals surface area contributed by atoms with Crippen LogP contribution in [0.1, 0.15) is 364 Å². The normalized spacial score (nSPS) is 14.2. The van der Waals surface area contributed by atoms with Gasteiger partial charge in [0.15, 0.2) is 12.2 Å². The second-order valence-corrected chi connectivity index (χ2v) is 31.1. The van der Waals surface area contributed by atoms with Crippen molar-refractivity contribution in [3.8, 4) is 0 Å². The molecule has 0 bridgehead atoms. The van der Waals surface area contributed by atoms with Crippen LogP contribution in [0, 0.1) is 23.7 Å². The second-order valence-electron chi connectivity index (χ2n) is 28.2. The number of carbonyl (C=O) groups is 4. The molecule has 0 saturated heterocycles. The van der Waals surface area contributed by atoms with Crippen LogP contribution < -0.4 is 0 Å². The molecule has 0 aliphatic rings. The number of hydrogen-bond donors (Lipinski definition) is 3. The van der Waals surface area contributed by atoms with Gasteiger partial charge in [0.2, 0.25) is 0 Å². The van der Waals surface area contributed by atoms with Crippen molar-refractivity contribution in [2.24, 2.45) is 23.7 Å². The second kappa shape index (κ2) is 62.6. The maximum Gasteiger partial charge on any atom is 0.472 e. The number of phosphoric acid groups is 2. The van der Waals surface area contributed by atoms with Crippen LogP contribution in [-0.2, 0) is 65.4 Å². The van der Waals surface area contributed by atoms with Crippen molar-refractivity contribution in [2.45, 2.75) is 382 Å². The topological polar surface area (TPSA) is 237 Å². The lowest BCUT2D eigenvalue weighted by Gasteiger charge is -2.21. The molecule has 0 fully saturated rings. The molecule has 0 amide bonds. The third-order valence-electron chi connectivity index (χ3n) is 16.8. The zero-order valence-corrected chi connectivity index (χ0v) is 62.0. The minimum absolute atomic E-state index is 0.101. The fourth-order valence-electron chi connectivity index (χ4n) is 11.0. The summed E-state index contributed by atoms with van der Waals surface area (Å²) in [7, 11) is -9.90. The van der Waals surface area contributed by atoms with Crippen molar-refractivity contribution in [3.05, 3.63) is 0 Å². The minimum Gasteiger partial charge on any atom is -0.462 e. The smallest absolute Gasteiger partial charge is 0.462 e. The quantitative estimate of drug-likeness (QED) is 0.0222. The molecule has 19 heteroatoms. The Hall–Kier alpha value is -1.94. The summed E-state index contributed by atoms with van der Waals surface area (Å²) in [6, 6.07) is 0. The van der Waals surface area contributed by atoms with E-state index < -0.39 is 97.5 Å². The lowest BCUT2D eigenvalue weighted by Crippen LogP contribution is -2.30. The zero-order valence-electron chi connectivity index (χ0n) is 60.2. The first-order chi connectivity index (χ1) is 44.1. The van der Waals surface area contributed by atoms with Gasteiger partial charge in [0.1, 0.15) is 19.3 Å². The van der Waals surface area contributed by atoms with Gasteiger partial charge in [0.05, 0.1) is 26.4 Å². The Morgan fingerprint density at radius 1 is 0.272 bits per heavy atom. The Balaban J connectivity index is 5.19. The Kier molecular flexibility index (Phi) is 61.3. The number of esters is 4. The predicted octanol–water partition coefficient (Wildman–Crippen LogP) is 20.9. The summed E-state index contributed by atoms with van der Waals surface area (Å²) in [5.74, 6) is 0.822. The van der Waals surface area contributed by atoms with E-state index in [9.17, 15) is 43.2 Å². The fourth-order valence-corrected chi connectivity index (χ4v) is 12.6. The average molecular weight is 1350 g/mol. The third kappa shape index (κ3) is 66.7. The third-order valence-corrected chi connectivity index (χ3v) is 18.7. The summed E-state index contributed by atoms with van der Waals surface area (Å²) >= 11 is 0. The predicted molar refractivity (Wildman–Crippen MR) is 372 cm³/mol. The lowest BCUT2D eigenvalue weighted by atomic mass is 10.0. The molecule has 17 nitrogen and oxygen atoms in total. The molecule has 0 spiro atoms. The van der Waals surface area contributed by atoms with E-state index in [0.717, 1.165) is 108 Å². The number of phosphoric ester groups is 2. The van der Waals surface area contributed by atoms with Crippen LogP contribution in [0.4, 0.5) is 0 Å². The van der Waals surface area contributed by atoms with E-state index in [0.29, 0.717) is 37.5 Å². The van der Waals surface area contributed by atoms with E-state index in [4.69, 9.17) is 37.0 Å². The van der Waals surface area contributed by atoms with Gasteiger partial charge in [-0.05, 0) is 49.4 Å². The number of unbranched alkanes of at least 4 members (excludes halogenated alkanes) is 36. The molecule has 0 aromatic rings. The zero-order chi connectivity index (χ0) is 68.2. The summed E-state index contributed by atoms with van der Waals surface area (Å²) < 4.78 is 68.3. The highest BCUT2D eigenvalue weighted by Gasteiger charge is 2.30. The van der Waals surface area contributed by atoms with Crippen molar-refractivity contribution in [1.29, 1.82) is 0 Å². The van der Waals surface area contributed by atoms with Crippen LogP contribution in [0.2, 0.25) is 0 Å². The molecular weight excluding hydrogens is 1210 g/mol. The van der Waals surface area contributed by atoms with E-state index in [1.54, 1.807) is 0 Å². The SMILES string of the molecule is CC(C)CCCCCCCCCCCCCCCCCCC(=O)OC[C@H](COP(=O)(O)OCC(O)COP(=O)(O)OC[C@@H](COC(=O)CCCCCCCCCC(C)C)OC(=O)CCCCCCCCC(C)C)OC(=O)CCCCCCCCCCCCCC(C)C. The van der Waals surface area contributed by atoms with E-state index in [1.165, 1.54) is 161 Å². The minimum atomic E-state index is -4.96. The van der Waals surface area contributed by atoms with Gasteiger partial charge in [-0.1, -0.05) is 312 Å². The van der Waals surface area contributed by atoms with Gasteiger partial charge in [-0.2, -0.15) is 0 Å². The summed E-state index contributed by atoms with van der Waals surface area (Å²) in [6.07, 6.45) is 46.2. The maximum absolute atomic E-state index is 13.0. The van der Waals surface area contributed by atoms with E-state index in [2.05, 4.69) is 55.4 Å². The van der Waals surface area contributed by atoms with Crippen LogP contribution in [0.15, 0.2) is 0 Å². The first-order valence-electron chi connectivity index (χ1n) is 37.7. The standard InChI is InChI=1S/C73H142O17P2/c1-63(2)49-41-33-25-20-16-13-11-9-10-12-14-18-22-28-37-45-53-70(75)83-59-68(89-72(77)55-47-39-29-23-19-15-17-21-26-34-42-50-64(3)4)61-87-91(79,80)85-57-67(74)58-86-92(81,82)88-62-69(90-73(78)56-48-40-32-31-36-44-52-66(7)8)60-84-71(76)54-46-38-30-24-27-35-43-51-65(5)6/h63-69,74H,9-62H2,1-8H3,(H,79,80)(H,81,82)/t67?,68-,69-/m1/s1. The summed E-state index contributed by atoms with van der Waals surface area (Å²) in [5, 5.41) is 10.6. The first-order valence-corrected chi connectivity index (χ1v) is 40.7. The fraction of sp³-hybridized carbons (Fsp3) is 0.945. The highest BCUT2D eigenvalue weighted by Crippen LogP contribution is 2.45. The average Bonchev–Trinajstić information content (AvgIpc) is 2.80. The maximum atomic E-state index is 13.0. The highest BCUT2D eigenvalue weighted by molar-refractivity contribution is 7.47. The van der Waals surface area contributed by atoms with Gasteiger partial charge in [-0.25, -0.2) is 9.13 Å². The van der Waals surface area contributed by atoms with Crippen molar-refractivity contribution in [3.63, 3.8) is 0 Å². The Bertz CT molecular complexity index is 1820. The van der Waals surface area contributed by atoms with E-state index >= 15 is 0 Å². The number of rotatable bonds is 70. The number of aliphatic hydroxyl groups excluding tert-OH is 1. The van der Waals surface area contributed by atoms with Crippen LogP contribution in [0.5, 0.6) is 0 Å². The van der Waals surface area contributed by atoms with Crippen molar-refractivity contribution in [2.75, 3.05) is 39.6 Å². The molecule has 0 radical (unpaired) electrons. The van der Waals surface area contributed by atoms with Gasteiger partial charge >= 0.3 is 39.5 Å². The molecule has 5 atom stereocenters. The molecule has 3 unspecified atom stereocenters. The molecule has 92 heavy (non-hydrogen) atoms. The van der Waals surface area contributed by atoms with Gasteiger partial charge in [-0.3, -0.25) is 37.3 Å². The van der Waals surface area contributed by atoms with Crippen molar-refractivity contribution < 1.29 is 80.2 Å². The monoisotopic (exact) mass is 1350 g/mol. The van der Waals surface area contributed by atoms with Crippen molar-refractivity contribution >= 4 is 39.5 Å². The molecule has 0 saturated carbocycles. The molecular formula is C73H142O17P2. The van der Waals surface area contributed by atoms with Gasteiger partial charge < -0.3 is 33.8 Å². The summed E-state index contributed by atoms with van der Waals surface area (Å²) in [4.78, 5) is 72.6. The molecule has 0 heterocycles. The van der Waals surface area contributed by atoms with Crippen molar-refractivity contribution in [1.82, 2.24) is 0 Å². The van der Waals surface area contributed by atoms with Gasteiger partial charge in [-0.15, -0.1) is 0 Å². The Labute approximate surface area is 562 Å². The Morgan fingerprint density at radius 2 is 0.457 bits per heavy atom. The highest BCUT2D eigenvalue weighted by atomic mass is 31.2. The van der Waals surface area contributed by atoms with Crippen LogP contribution >= 0.6 is 15.6 Å². The molecule has 0 aliphatic heterocycles. The Morgan fingerprint density at radius 3 is 0.674 bits per heavy atom. The molecule has 0 rings (SSSR count). The molecule has 0 aromatic heterocycles. The largest absolute Gasteiger partial charge is 0.472 e. The first kappa shape index (κ1) is 90.1. The van der Waals surface area contributed by atoms with Crippen LogP contribution in [0.25, 0.3) is 0 Å². The van der Waals surface area contributed by atoms with Gasteiger partial charge in [0, 0.05) is 25.7 Å². The summed E-state index contributed by atoms with van der Waals surface area (Å²) in [6.45, 7) is 14.1. The number of aliphatic hydroxyl groups is 1. The van der Waals surface area contributed by atoms with Crippen LogP contribution in [-0.4, -0.2) is 96.7 Å². The molecule has 0 aromatic carbocycles. The van der Waals surface area contributed by atoms with Gasteiger partial charge in [0.25, 0.3) is 0 Å². The molecule has 0 aliphatic carbocycles. The lowest BCUT2D eigenvalue weighted by molar-refractivity contribution is -0.161. The number of ether oxygens (including phenoxy) is 4. The molecule has 3 N–H and O–H groups in total. The number of hydrogen-bond acceptors (Lipinski definition) is 15. The van der Waals surface area contributed by atoms with Crippen LogP contribution in [0.3, 0.4) is 0 Å². The summed E-state index contributed by atoms with van der Waals surface area (Å²) in [5.41, 5.74) is 0. The molecule has 546 valence electrons. The van der Waals surface area contributed by atoms with E-state index in [-0.39, 0.29) is 25.7 Å². The van der Waals surface area contributed by atoms with E-state index in [1.807, 2.05) is 0 Å². The number of carbonyl (C=O) groups excluding carboxylic acids is 4.